The molecule has 0 saturated carbocycles. The number of hydrogen-bond donors (Lipinski definition) is 2. The van der Waals surface area contributed by atoms with Gasteiger partial charge in [-0.25, -0.2) is 0 Å². The summed E-state index contributed by atoms with van der Waals surface area (Å²) in [6, 6.07) is 5.69. The molecule has 0 spiro atoms. The molecule has 1 unspecified atom stereocenters. The molecule has 1 aliphatic rings. The van der Waals surface area contributed by atoms with Crippen LogP contribution in [-0.2, 0) is 4.74 Å². The summed E-state index contributed by atoms with van der Waals surface area (Å²) in [5.74, 6) is 0. The van der Waals surface area contributed by atoms with E-state index in [2.05, 4.69) is 25.4 Å². The number of aromatic nitrogens is 3. The molecule has 1 aliphatic heterocycles. The number of aliphatic hydroxyl groups is 1. The molecular formula is C14H19N5O2S. The molecule has 3 heterocycles. The second kappa shape index (κ2) is 7.59. The van der Waals surface area contributed by atoms with Gasteiger partial charge in [0.2, 0.25) is 5.13 Å². The van der Waals surface area contributed by atoms with E-state index in [1.165, 1.54) is 11.3 Å². The predicted octanol–water partition coefficient (Wildman–Crippen LogP) is 0.705. The third-order valence-corrected chi connectivity index (χ3v) is 4.27. The van der Waals surface area contributed by atoms with Gasteiger partial charge in [0.1, 0.15) is 5.69 Å². The zero-order chi connectivity index (χ0) is 15.2. The Kier molecular flexibility index (Phi) is 5.28. The van der Waals surface area contributed by atoms with Crippen molar-refractivity contribution in [2.45, 2.75) is 6.10 Å². The van der Waals surface area contributed by atoms with Crippen LogP contribution in [0.3, 0.4) is 0 Å². The van der Waals surface area contributed by atoms with Gasteiger partial charge in [0.05, 0.1) is 19.3 Å². The van der Waals surface area contributed by atoms with E-state index in [1.54, 1.807) is 6.20 Å². The minimum atomic E-state index is -0.444. The highest BCUT2D eigenvalue weighted by molar-refractivity contribution is 7.18. The summed E-state index contributed by atoms with van der Waals surface area (Å²) in [4.78, 5) is 6.45. The summed E-state index contributed by atoms with van der Waals surface area (Å²) in [7, 11) is 0. The maximum absolute atomic E-state index is 10.1. The Morgan fingerprint density at radius 2 is 2.18 bits per heavy atom. The summed E-state index contributed by atoms with van der Waals surface area (Å²) in [5, 5.41) is 22.9. The van der Waals surface area contributed by atoms with Crippen LogP contribution < -0.4 is 5.32 Å². The van der Waals surface area contributed by atoms with Crippen molar-refractivity contribution < 1.29 is 9.84 Å². The first-order valence-electron chi connectivity index (χ1n) is 7.28. The third kappa shape index (κ3) is 4.20. The van der Waals surface area contributed by atoms with Crippen LogP contribution in [0.15, 0.2) is 24.4 Å². The van der Waals surface area contributed by atoms with Crippen molar-refractivity contribution in [3.05, 3.63) is 24.4 Å². The van der Waals surface area contributed by atoms with E-state index in [0.29, 0.717) is 18.2 Å². The van der Waals surface area contributed by atoms with Crippen LogP contribution in [0.5, 0.6) is 0 Å². The fourth-order valence-electron chi connectivity index (χ4n) is 2.24. The molecule has 1 saturated heterocycles. The molecule has 1 atom stereocenters. The van der Waals surface area contributed by atoms with Crippen LogP contribution >= 0.6 is 11.3 Å². The highest BCUT2D eigenvalue weighted by Gasteiger charge is 2.15. The lowest BCUT2D eigenvalue weighted by Crippen LogP contribution is -2.42. The number of anilines is 1. The van der Waals surface area contributed by atoms with Crippen molar-refractivity contribution in [2.75, 3.05) is 44.7 Å². The second-order valence-electron chi connectivity index (χ2n) is 5.08. The van der Waals surface area contributed by atoms with Crippen molar-refractivity contribution in [3.63, 3.8) is 0 Å². The molecule has 8 heteroatoms. The molecule has 3 rings (SSSR count). The fraction of sp³-hybridized carbons (Fsp3) is 0.500. The monoisotopic (exact) mass is 321 g/mol. The maximum atomic E-state index is 10.1. The normalized spacial score (nSPS) is 17.3. The van der Waals surface area contributed by atoms with Gasteiger partial charge in [-0.2, -0.15) is 0 Å². The zero-order valence-corrected chi connectivity index (χ0v) is 13.0. The van der Waals surface area contributed by atoms with E-state index in [9.17, 15) is 5.11 Å². The van der Waals surface area contributed by atoms with Gasteiger partial charge in [-0.05, 0) is 12.1 Å². The number of ether oxygens (including phenoxy) is 1. The molecule has 118 valence electrons. The van der Waals surface area contributed by atoms with Crippen molar-refractivity contribution in [1.29, 1.82) is 0 Å². The molecule has 1 fully saturated rings. The van der Waals surface area contributed by atoms with Gasteiger partial charge in [-0.15, -0.1) is 10.2 Å². The van der Waals surface area contributed by atoms with E-state index in [4.69, 9.17) is 4.74 Å². The summed E-state index contributed by atoms with van der Waals surface area (Å²) >= 11 is 1.43. The average Bonchev–Trinajstić information content (AvgIpc) is 3.04. The van der Waals surface area contributed by atoms with E-state index in [-0.39, 0.29) is 0 Å². The first-order chi connectivity index (χ1) is 10.8. The Balaban J connectivity index is 1.48. The van der Waals surface area contributed by atoms with E-state index >= 15 is 0 Å². The van der Waals surface area contributed by atoms with Gasteiger partial charge in [-0.1, -0.05) is 17.4 Å². The zero-order valence-electron chi connectivity index (χ0n) is 12.2. The number of aliphatic hydroxyl groups excluding tert-OH is 1. The topological polar surface area (TPSA) is 83.4 Å². The minimum Gasteiger partial charge on any atom is -0.390 e. The lowest BCUT2D eigenvalue weighted by molar-refractivity contribution is 0.0171. The van der Waals surface area contributed by atoms with Gasteiger partial charge in [-0.3, -0.25) is 9.88 Å². The summed E-state index contributed by atoms with van der Waals surface area (Å²) in [6.07, 6.45) is 1.29. The van der Waals surface area contributed by atoms with E-state index in [1.807, 2.05) is 18.2 Å². The summed E-state index contributed by atoms with van der Waals surface area (Å²) < 4.78 is 5.29. The minimum absolute atomic E-state index is 0.444. The van der Waals surface area contributed by atoms with E-state index in [0.717, 1.165) is 37.0 Å². The lowest BCUT2D eigenvalue weighted by atomic mass is 10.3. The molecule has 0 aromatic carbocycles. The SMILES string of the molecule is OC(CNc1nnc(-c2ccccn2)s1)CN1CCOCC1. The Morgan fingerprint density at radius 1 is 1.32 bits per heavy atom. The average molecular weight is 321 g/mol. The number of hydrogen-bond acceptors (Lipinski definition) is 8. The van der Waals surface area contributed by atoms with Gasteiger partial charge < -0.3 is 15.2 Å². The number of nitrogens with zero attached hydrogens (tertiary/aromatic N) is 4. The van der Waals surface area contributed by atoms with Crippen LogP contribution in [0.2, 0.25) is 0 Å². The number of pyridine rings is 1. The number of rotatable bonds is 6. The Hall–Kier alpha value is -1.61. The standard InChI is InChI=1S/C14H19N5O2S/c20-11(10-19-5-7-21-8-6-19)9-16-14-18-17-13(22-14)12-3-1-2-4-15-12/h1-4,11,20H,5-10H2,(H,16,18). The quantitative estimate of drug-likeness (QED) is 0.810. The van der Waals surface area contributed by atoms with Crippen molar-refractivity contribution >= 4 is 16.5 Å². The number of β-amino-alcohol motifs (C(OH)–C–C–N with tert-alkyl or cyclic N) is 1. The predicted molar refractivity (Wildman–Crippen MR) is 84.9 cm³/mol. The number of nitrogens with one attached hydrogen (secondary N) is 1. The molecule has 22 heavy (non-hydrogen) atoms. The molecular weight excluding hydrogens is 302 g/mol. The maximum Gasteiger partial charge on any atom is 0.206 e. The second-order valence-corrected chi connectivity index (χ2v) is 6.05. The molecule has 2 aromatic rings. The molecule has 0 amide bonds. The van der Waals surface area contributed by atoms with Gasteiger partial charge >= 0.3 is 0 Å². The van der Waals surface area contributed by atoms with Crippen LogP contribution in [0, 0.1) is 0 Å². The van der Waals surface area contributed by atoms with Crippen molar-refractivity contribution in [2.24, 2.45) is 0 Å². The van der Waals surface area contributed by atoms with Crippen LogP contribution in [0.25, 0.3) is 10.7 Å². The first kappa shape index (κ1) is 15.3. The number of morpholine rings is 1. The molecule has 2 aromatic heterocycles. The van der Waals surface area contributed by atoms with Gasteiger partial charge in [0.25, 0.3) is 0 Å². The van der Waals surface area contributed by atoms with Crippen molar-refractivity contribution in [1.82, 2.24) is 20.1 Å². The van der Waals surface area contributed by atoms with Crippen LogP contribution in [-0.4, -0.2) is 70.7 Å². The highest BCUT2D eigenvalue weighted by atomic mass is 32.1. The van der Waals surface area contributed by atoms with Gasteiger partial charge in [0, 0.05) is 32.4 Å². The van der Waals surface area contributed by atoms with Crippen LogP contribution in [0.1, 0.15) is 0 Å². The molecule has 0 aliphatic carbocycles. The summed E-state index contributed by atoms with van der Waals surface area (Å²) in [6.45, 7) is 4.32. The Bertz CT molecular complexity index is 574. The molecule has 0 bridgehead atoms. The molecule has 0 radical (unpaired) electrons. The van der Waals surface area contributed by atoms with Crippen molar-refractivity contribution in [3.8, 4) is 10.7 Å². The molecule has 7 nitrogen and oxygen atoms in total. The highest BCUT2D eigenvalue weighted by Crippen LogP contribution is 2.24. The fourth-order valence-corrected chi connectivity index (χ4v) is 2.97. The Morgan fingerprint density at radius 3 is 2.95 bits per heavy atom. The first-order valence-corrected chi connectivity index (χ1v) is 8.10. The lowest BCUT2D eigenvalue weighted by Gasteiger charge is -2.28. The smallest absolute Gasteiger partial charge is 0.206 e. The molecule has 2 N–H and O–H groups in total. The largest absolute Gasteiger partial charge is 0.390 e. The third-order valence-electron chi connectivity index (χ3n) is 3.37. The summed E-state index contributed by atoms with van der Waals surface area (Å²) in [5.41, 5.74) is 0.807. The Labute approximate surface area is 133 Å². The van der Waals surface area contributed by atoms with Gasteiger partial charge in [0.15, 0.2) is 5.01 Å². The van der Waals surface area contributed by atoms with E-state index < -0.39 is 6.10 Å². The van der Waals surface area contributed by atoms with Crippen LogP contribution in [0.4, 0.5) is 5.13 Å².